The molecule has 2 aliphatic heterocycles. The largest absolute Gasteiger partial charge is 0.472 e. The number of ether oxygens (including phenoxy) is 2. The van der Waals surface area contributed by atoms with Crippen molar-refractivity contribution in [2.24, 2.45) is 0 Å². The lowest BCUT2D eigenvalue weighted by atomic mass is 9.95. The molecule has 0 bridgehead atoms. The van der Waals surface area contributed by atoms with E-state index in [2.05, 4.69) is 0 Å². The van der Waals surface area contributed by atoms with E-state index in [0.29, 0.717) is 0 Å². The second-order valence-electron chi connectivity index (χ2n) is 5.07. The molecule has 2 saturated heterocycles. The van der Waals surface area contributed by atoms with E-state index in [4.69, 9.17) is 39.3 Å². The molecule has 11 heteroatoms. The molecule has 0 saturated carbocycles. The zero-order chi connectivity index (χ0) is 15.6. The van der Waals surface area contributed by atoms with E-state index in [9.17, 15) is 14.6 Å². The normalized spacial score (nSPS) is 43.0. The topological polar surface area (TPSA) is 115 Å². The molecular formula is C10H17B2O8P. The summed E-state index contributed by atoms with van der Waals surface area (Å²) in [5, 5.41) is 18.5. The van der Waals surface area contributed by atoms with Crippen molar-refractivity contribution in [1.82, 2.24) is 0 Å². The molecule has 0 aromatic heterocycles. The van der Waals surface area contributed by atoms with Crippen LogP contribution in [0.2, 0.25) is 0 Å². The zero-order valence-electron chi connectivity index (χ0n) is 11.3. The molecule has 0 aromatic carbocycles. The molecule has 0 aromatic rings. The maximum Gasteiger partial charge on any atom is 0.472 e. The third kappa shape index (κ3) is 4.77. The Morgan fingerprint density at radius 1 is 1.29 bits per heavy atom. The minimum Gasteiger partial charge on any atom is -0.394 e. The third-order valence-corrected chi connectivity index (χ3v) is 4.35. The van der Waals surface area contributed by atoms with E-state index < -0.39 is 44.2 Å². The first-order chi connectivity index (χ1) is 9.80. The van der Waals surface area contributed by atoms with E-state index in [0.717, 1.165) is 0 Å². The summed E-state index contributed by atoms with van der Waals surface area (Å²) < 4.78 is 31.8. The second-order valence-corrected chi connectivity index (χ2v) is 6.47. The number of aliphatic hydroxyl groups excluding tert-OH is 2. The molecule has 0 spiro atoms. The van der Waals surface area contributed by atoms with Crippen LogP contribution in [-0.2, 0) is 23.1 Å². The minimum absolute atomic E-state index is 0.180. The van der Waals surface area contributed by atoms with Gasteiger partial charge in [0.05, 0.1) is 31.5 Å². The fraction of sp³-hybridized carbons (Fsp3) is 1.00. The van der Waals surface area contributed by atoms with Crippen molar-refractivity contribution in [3.05, 3.63) is 0 Å². The quantitative estimate of drug-likeness (QED) is 0.397. The molecule has 116 valence electrons. The molecular weight excluding hydrogens is 301 g/mol. The molecule has 2 fully saturated rings. The number of aliphatic hydroxyl groups is 2. The lowest BCUT2D eigenvalue weighted by molar-refractivity contribution is -0.0126. The summed E-state index contributed by atoms with van der Waals surface area (Å²) in [4.78, 5) is 9.63. The molecule has 0 amide bonds. The first-order valence-corrected chi connectivity index (χ1v) is 8.07. The van der Waals surface area contributed by atoms with Crippen LogP contribution in [0.3, 0.4) is 0 Å². The Kier molecular flexibility index (Phi) is 5.90. The first kappa shape index (κ1) is 17.4. The van der Waals surface area contributed by atoms with E-state index in [-0.39, 0.29) is 26.1 Å². The minimum atomic E-state index is -4.39. The molecule has 7 atom stereocenters. The van der Waals surface area contributed by atoms with E-state index in [1.165, 1.54) is 0 Å². The fourth-order valence-electron chi connectivity index (χ4n) is 2.26. The van der Waals surface area contributed by atoms with E-state index >= 15 is 0 Å². The van der Waals surface area contributed by atoms with Crippen LogP contribution in [-0.4, -0.2) is 80.4 Å². The van der Waals surface area contributed by atoms with Crippen LogP contribution < -0.4 is 0 Å². The average molecular weight is 318 g/mol. The summed E-state index contributed by atoms with van der Waals surface area (Å²) in [6.45, 7) is -0.598. The van der Waals surface area contributed by atoms with Crippen molar-refractivity contribution in [3.63, 3.8) is 0 Å². The highest BCUT2D eigenvalue weighted by Gasteiger charge is 2.39. The Bertz CT molecular complexity index is 399. The molecule has 3 unspecified atom stereocenters. The van der Waals surface area contributed by atoms with Gasteiger partial charge in [-0.1, -0.05) is 0 Å². The summed E-state index contributed by atoms with van der Waals surface area (Å²) in [5.74, 6) is 0. The summed E-state index contributed by atoms with van der Waals surface area (Å²) in [6, 6.07) is -1.55. The number of rotatable bonds is 6. The van der Waals surface area contributed by atoms with E-state index in [1.54, 1.807) is 0 Å². The van der Waals surface area contributed by atoms with Gasteiger partial charge >= 0.3 is 7.82 Å². The van der Waals surface area contributed by atoms with Crippen molar-refractivity contribution in [1.29, 1.82) is 0 Å². The second kappa shape index (κ2) is 7.10. The van der Waals surface area contributed by atoms with Crippen molar-refractivity contribution in [2.75, 3.05) is 13.2 Å². The molecule has 4 radical (unpaired) electrons. The van der Waals surface area contributed by atoms with Gasteiger partial charge in [-0.05, 0) is 6.42 Å². The van der Waals surface area contributed by atoms with Gasteiger partial charge in [0.1, 0.15) is 21.8 Å². The van der Waals surface area contributed by atoms with Gasteiger partial charge in [-0.15, -0.1) is 0 Å². The van der Waals surface area contributed by atoms with Crippen LogP contribution in [0.1, 0.15) is 12.8 Å². The Morgan fingerprint density at radius 2 is 2.00 bits per heavy atom. The van der Waals surface area contributed by atoms with Crippen molar-refractivity contribution in [3.8, 4) is 0 Å². The predicted octanol–water partition coefficient (Wildman–Crippen LogP) is -1.59. The maximum atomic E-state index is 11.8. The van der Waals surface area contributed by atoms with Gasteiger partial charge in [0.25, 0.3) is 0 Å². The molecule has 2 rings (SSSR count). The van der Waals surface area contributed by atoms with Gasteiger partial charge in [0.2, 0.25) is 0 Å². The van der Waals surface area contributed by atoms with Crippen LogP contribution in [0, 0.1) is 0 Å². The highest BCUT2D eigenvalue weighted by molar-refractivity contribution is 7.47. The van der Waals surface area contributed by atoms with Crippen LogP contribution in [0.15, 0.2) is 0 Å². The Balaban J connectivity index is 1.81. The van der Waals surface area contributed by atoms with Crippen LogP contribution in [0.4, 0.5) is 0 Å². The first-order valence-electron chi connectivity index (χ1n) is 6.57. The summed E-state index contributed by atoms with van der Waals surface area (Å²) in [6.07, 6.45) is -2.65. The Hall–Kier alpha value is 0.0799. The number of phosphoric acid groups is 1. The van der Waals surface area contributed by atoms with E-state index in [1.807, 2.05) is 0 Å². The lowest BCUT2D eigenvalue weighted by Gasteiger charge is -2.21. The van der Waals surface area contributed by atoms with Gasteiger partial charge in [0, 0.05) is 18.4 Å². The molecule has 3 N–H and O–H groups in total. The molecule has 8 nitrogen and oxygen atoms in total. The molecule has 21 heavy (non-hydrogen) atoms. The van der Waals surface area contributed by atoms with Crippen molar-refractivity contribution >= 4 is 23.5 Å². The average Bonchev–Trinajstić information content (AvgIpc) is 2.90. The summed E-state index contributed by atoms with van der Waals surface area (Å²) in [7, 11) is 6.67. The van der Waals surface area contributed by atoms with Crippen LogP contribution in [0.5, 0.6) is 0 Å². The number of hydrogen-bond donors (Lipinski definition) is 3. The molecule has 0 aliphatic carbocycles. The smallest absolute Gasteiger partial charge is 0.394 e. The zero-order valence-corrected chi connectivity index (χ0v) is 12.2. The van der Waals surface area contributed by atoms with Gasteiger partial charge in [0.15, 0.2) is 0 Å². The maximum absolute atomic E-state index is 11.8. The van der Waals surface area contributed by atoms with Crippen molar-refractivity contribution < 1.29 is 38.2 Å². The van der Waals surface area contributed by atoms with Gasteiger partial charge in [-0.2, -0.15) is 0 Å². The molecule has 2 heterocycles. The Labute approximate surface area is 125 Å². The number of phosphoric ester groups is 1. The SMILES string of the molecule is [B][C@@H]1O[C@H](CO)CC1OP(=O)(O)OC[C@H]1O[C@@H]([B])CC1O. The standard InChI is InChI=1S/C10H17B2O8P/c11-9-2-6(14)8(19-9)4-17-21(15,16)20-7-1-5(3-13)18-10(7)12/h5-10,13-14H,1-4H2,(H,15,16)/t5-,6?,7?,8+,9+,10+/m0/s1. The van der Waals surface area contributed by atoms with Gasteiger partial charge in [-0.3, -0.25) is 9.05 Å². The highest BCUT2D eigenvalue weighted by Crippen LogP contribution is 2.47. The lowest BCUT2D eigenvalue weighted by Crippen LogP contribution is -2.28. The molecule has 2 aliphatic rings. The number of hydrogen-bond acceptors (Lipinski definition) is 7. The van der Waals surface area contributed by atoms with Crippen LogP contribution in [0.25, 0.3) is 0 Å². The predicted molar refractivity (Wildman–Crippen MR) is 71.8 cm³/mol. The Morgan fingerprint density at radius 3 is 2.52 bits per heavy atom. The summed E-state index contributed by atoms with van der Waals surface area (Å²) >= 11 is 0. The van der Waals surface area contributed by atoms with Crippen molar-refractivity contribution in [2.45, 2.75) is 49.3 Å². The fourth-order valence-corrected chi connectivity index (χ4v) is 3.20. The van der Waals surface area contributed by atoms with Gasteiger partial charge in [-0.25, -0.2) is 4.57 Å². The summed E-state index contributed by atoms with van der Waals surface area (Å²) in [5.41, 5.74) is 0. The monoisotopic (exact) mass is 318 g/mol. The van der Waals surface area contributed by atoms with Gasteiger partial charge < -0.3 is 24.6 Å². The van der Waals surface area contributed by atoms with Crippen LogP contribution >= 0.6 is 7.82 Å². The third-order valence-electron chi connectivity index (χ3n) is 3.34. The highest BCUT2D eigenvalue weighted by atomic mass is 31.2.